The average Bonchev–Trinajstić information content (AvgIpc) is 2.23. The Balaban J connectivity index is 4.71. The topological polar surface area (TPSA) is 23.8 Å². The summed E-state index contributed by atoms with van der Waals surface area (Å²) in [5.41, 5.74) is -0.230. The normalized spacial score (nSPS) is 18.2. The second kappa shape index (κ2) is 6.43. The van der Waals surface area contributed by atoms with E-state index in [4.69, 9.17) is 0 Å². The van der Waals surface area contributed by atoms with Crippen molar-refractivity contribution in [2.75, 3.05) is 0 Å². The molecule has 0 bridgehead atoms. The first-order valence-electron chi connectivity index (χ1n) is 5.29. The van der Waals surface area contributed by atoms with Crippen LogP contribution in [0.1, 0.15) is 40.5 Å². The van der Waals surface area contributed by atoms with Gasteiger partial charge in [0.05, 0.1) is 11.5 Å². The van der Waals surface area contributed by atoms with E-state index in [0.29, 0.717) is 5.92 Å². The second-order valence-electron chi connectivity index (χ2n) is 3.82. The van der Waals surface area contributed by atoms with E-state index < -0.39 is 0 Å². The van der Waals surface area contributed by atoms with Gasteiger partial charge in [0.1, 0.15) is 0 Å². The number of rotatable bonds is 5. The summed E-state index contributed by atoms with van der Waals surface area (Å²) in [4.78, 5) is 0. The van der Waals surface area contributed by atoms with Gasteiger partial charge in [-0.3, -0.25) is 0 Å². The molecule has 1 heteroatoms. The fraction of sp³-hybridized carbons (Fsp3) is 0.615. The van der Waals surface area contributed by atoms with E-state index in [1.807, 2.05) is 32.9 Å². The molecule has 0 radical (unpaired) electrons. The number of hydrogen-bond donors (Lipinski definition) is 0. The molecule has 0 rings (SSSR count). The zero-order chi connectivity index (χ0) is 11.0. The molecule has 0 aliphatic rings. The maximum atomic E-state index is 9.17. The molecule has 14 heavy (non-hydrogen) atoms. The Hall–Kier alpha value is -1.03. The molecule has 0 spiro atoms. The summed E-state index contributed by atoms with van der Waals surface area (Å²) in [6.45, 7) is 8.15. The van der Waals surface area contributed by atoms with Crippen molar-refractivity contribution in [3.8, 4) is 6.07 Å². The summed E-state index contributed by atoms with van der Waals surface area (Å²) in [7, 11) is 0. The molecule has 0 fully saturated rings. The highest BCUT2D eigenvalue weighted by Gasteiger charge is 2.29. The van der Waals surface area contributed by atoms with Crippen molar-refractivity contribution in [1.29, 1.82) is 5.26 Å². The molecule has 0 aromatic rings. The second-order valence-corrected chi connectivity index (χ2v) is 3.82. The maximum absolute atomic E-state index is 9.17. The zero-order valence-corrected chi connectivity index (χ0v) is 9.75. The SMILES string of the molecule is CC=CCC(C=CC)[C@@](C)(C#N)CC. The van der Waals surface area contributed by atoms with Gasteiger partial charge < -0.3 is 0 Å². The van der Waals surface area contributed by atoms with Gasteiger partial charge in [-0.1, -0.05) is 31.2 Å². The third-order valence-corrected chi connectivity index (χ3v) is 2.86. The lowest BCUT2D eigenvalue weighted by atomic mass is 9.74. The first-order chi connectivity index (χ1) is 6.64. The van der Waals surface area contributed by atoms with E-state index in [-0.39, 0.29) is 5.41 Å². The van der Waals surface area contributed by atoms with E-state index in [1.54, 1.807) is 0 Å². The molecule has 78 valence electrons. The number of allylic oxidation sites excluding steroid dienone is 4. The van der Waals surface area contributed by atoms with Gasteiger partial charge in [0, 0.05) is 0 Å². The Kier molecular flexibility index (Phi) is 5.95. The summed E-state index contributed by atoms with van der Waals surface area (Å²) >= 11 is 0. The number of hydrogen-bond acceptors (Lipinski definition) is 1. The lowest BCUT2D eigenvalue weighted by molar-refractivity contribution is 0.309. The molecule has 0 aromatic carbocycles. The third-order valence-electron chi connectivity index (χ3n) is 2.86. The molecule has 1 nitrogen and oxygen atoms in total. The van der Waals surface area contributed by atoms with E-state index in [2.05, 4.69) is 25.1 Å². The van der Waals surface area contributed by atoms with Gasteiger partial charge in [-0.05, 0) is 39.5 Å². The van der Waals surface area contributed by atoms with Crippen molar-refractivity contribution in [2.24, 2.45) is 11.3 Å². The zero-order valence-electron chi connectivity index (χ0n) is 9.75. The maximum Gasteiger partial charge on any atom is 0.0693 e. The molecular formula is C13H21N. The van der Waals surface area contributed by atoms with Crippen LogP contribution in [0.5, 0.6) is 0 Å². The predicted octanol–water partition coefficient (Wildman–Crippen LogP) is 4.08. The summed E-state index contributed by atoms with van der Waals surface area (Å²) in [5, 5.41) is 9.17. The molecule has 0 aliphatic heterocycles. The van der Waals surface area contributed by atoms with Gasteiger partial charge in [-0.25, -0.2) is 0 Å². The van der Waals surface area contributed by atoms with Gasteiger partial charge in [0.2, 0.25) is 0 Å². The van der Waals surface area contributed by atoms with Crippen molar-refractivity contribution in [2.45, 2.75) is 40.5 Å². The molecule has 0 aliphatic carbocycles. The third kappa shape index (κ3) is 3.38. The van der Waals surface area contributed by atoms with Crippen molar-refractivity contribution >= 4 is 0 Å². The van der Waals surface area contributed by atoms with Gasteiger partial charge in [0.25, 0.3) is 0 Å². The van der Waals surface area contributed by atoms with Crippen LogP contribution in [0, 0.1) is 22.7 Å². The highest BCUT2D eigenvalue weighted by molar-refractivity contribution is 5.08. The first kappa shape index (κ1) is 13.0. The molecule has 0 amide bonds. The van der Waals surface area contributed by atoms with Gasteiger partial charge in [-0.15, -0.1) is 0 Å². The molecule has 0 heterocycles. The minimum Gasteiger partial charge on any atom is -0.198 e. The van der Waals surface area contributed by atoms with Crippen LogP contribution in [0.4, 0.5) is 0 Å². The van der Waals surface area contributed by atoms with Crippen molar-refractivity contribution in [3.05, 3.63) is 24.3 Å². The van der Waals surface area contributed by atoms with Gasteiger partial charge in [0.15, 0.2) is 0 Å². The number of nitrogens with zero attached hydrogens (tertiary/aromatic N) is 1. The highest BCUT2D eigenvalue weighted by atomic mass is 14.4. The van der Waals surface area contributed by atoms with E-state index >= 15 is 0 Å². The van der Waals surface area contributed by atoms with Crippen LogP contribution in [0.2, 0.25) is 0 Å². The van der Waals surface area contributed by atoms with Crippen LogP contribution in [0.3, 0.4) is 0 Å². The smallest absolute Gasteiger partial charge is 0.0693 e. The summed E-state index contributed by atoms with van der Waals surface area (Å²) < 4.78 is 0. The molecule has 0 saturated carbocycles. The monoisotopic (exact) mass is 191 g/mol. The lowest BCUT2D eigenvalue weighted by Gasteiger charge is -2.27. The Labute approximate surface area is 88.1 Å². The molecular weight excluding hydrogens is 170 g/mol. The number of nitriles is 1. The van der Waals surface area contributed by atoms with E-state index in [1.165, 1.54) is 0 Å². The van der Waals surface area contributed by atoms with Crippen LogP contribution >= 0.6 is 0 Å². The van der Waals surface area contributed by atoms with Gasteiger partial charge >= 0.3 is 0 Å². The molecule has 0 saturated heterocycles. The Morgan fingerprint density at radius 2 is 2.00 bits per heavy atom. The van der Waals surface area contributed by atoms with Gasteiger partial charge in [-0.2, -0.15) is 5.26 Å². The van der Waals surface area contributed by atoms with Crippen LogP contribution in [-0.4, -0.2) is 0 Å². The Morgan fingerprint density at radius 3 is 2.36 bits per heavy atom. The fourth-order valence-electron chi connectivity index (χ4n) is 1.49. The Morgan fingerprint density at radius 1 is 1.36 bits per heavy atom. The van der Waals surface area contributed by atoms with Crippen molar-refractivity contribution in [1.82, 2.24) is 0 Å². The average molecular weight is 191 g/mol. The molecule has 0 N–H and O–H groups in total. The predicted molar refractivity (Wildman–Crippen MR) is 61.7 cm³/mol. The summed E-state index contributed by atoms with van der Waals surface area (Å²) in [6, 6.07) is 2.44. The van der Waals surface area contributed by atoms with Crippen molar-refractivity contribution in [3.63, 3.8) is 0 Å². The molecule has 1 unspecified atom stereocenters. The van der Waals surface area contributed by atoms with Crippen LogP contribution < -0.4 is 0 Å². The van der Waals surface area contributed by atoms with E-state index in [9.17, 15) is 5.26 Å². The molecule has 2 atom stereocenters. The summed E-state index contributed by atoms with van der Waals surface area (Å²) in [5.74, 6) is 0.332. The first-order valence-corrected chi connectivity index (χ1v) is 5.29. The van der Waals surface area contributed by atoms with Crippen LogP contribution in [0.25, 0.3) is 0 Å². The molecule has 0 aromatic heterocycles. The van der Waals surface area contributed by atoms with Crippen LogP contribution in [0.15, 0.2) is 24.3 Å². The minimum absolute atomic E-state index is 0.230. The highest BCUT2D eigenvalue weighted by Crippen LogP contribution is 2.34. The Bertz CT molecular complexity index is 244. The van der Waals surface area contributed by atoms with Crippen LogP contribution in [-0.2, 0) is 0 Å². The quantitative estimate of drug-likeness (QED) is 0.600. The standard InChI is InChI=1S/C13H21N/c1-5-8-10-12(9-6-2)13(4,7-3)11-14/h5-6,8-9,12H,7,10H2,1-4H3/t12?,13-/m1/s1. The van der Waals surface area contributed by atoms with Crippen molar-refractivity contribution < 1.29 is 0 Å². The van der Waals surface area contributed by atoms with E-state index in [0.717, 1.165) is 12.8 Å². The lowest BCUT2D eigenvalue weighted by Crippen LogP contribution is -2.23. The minimum atomic E-state index is -0.230. The summed E-state index contributed by atoms with van der Waals surface area (Å²) in [6.07, 6.45) is 10.2. The fourth-order valence-corrected chi connectivity index (χ4v) is 1.49. The largest absolute Gasteiger partial charge is 0.198 e.